The highest BCUT2D eigenvalue weighted by atomic mass is 32.1. The van der Waals surface area contributed by atoms with Crippen molar-refractivity contribution in [2.45, 2.75) is 45.4 Å². The van der Waals surface area contributed by atoms with Gasteiger partial charge in [-0.1, -0.05) is 19.8 Å². The number of aromatic nitrogens is 1. The lowest BCUT2D eigenvalue weighted by molar-refractivity contribution is 0.343. The Bertz CT molecular complexity index is 279. The lowest BCUT2D eigenvalue weighted by Gasteiger charge is -2.24. The fourth-order valence-corrected chi connectivity index (χ4v) is 3.14. The monoisotopic (exact) mass is 195 g/mol. The number of aryl methyl sites for hydroxylation is 1. The predicted molar refractivity (Wildman–Crippen MR) is 57.2 cm³/mol. The molecule has 0 aliphatic heterocycles. The van der Waals surface area contributed by atoms with Crippen molar-refractivity contribution >= 4 is 11.3 Å². The van der Waals surface area contributed by atoms with Gasteiger partial charge >= 0.3 is 0 Å². The SMILES string of the molecule is Cc1cnc(C2CCCC(C)C2)s1. The van der Waals surface area contributed by atoms with Gasteiger partial charge < -0.3 is 0 Å². The zero-order valence-corrected chi connectivity index (χ0v) is 9.23. The summed E-state index contributed by atoms with van der Waals surface area (Å²) in [5.74, 6) is 1.67. The largest absolute Gasteiger partial charge is 0.249 e. The van der Waals surface area contributed by atoms with Crippen LogP contribution in [-0.2, 0) is 0 Å². The lowest BCUT2D eigenvalue weighted by atomic mass is 9.83. The molecule has 2 atom stereocenters. The summed E-state index contributed by atoms with van der Waals surface area (Å²) >= 11 is 1.89. The van der Waals surface area contributed by atoms with Crippen molar-refractivity contribution in [3.63, 3.8) is 0 Å². The molecular formula is C11H17NS. The molecule has 0 radical (unpaired) electrons. The Kier molecular flexibility index (Phi) is 2.68. The summed E-state index contributed by atoms with van der Waals surface area (Å²) in [7, 11) is 0. The first-order chi connectivity index (χ1) is 6.25. The first-order valence-electron chi connectivity index (χ1n) is 5.18. The van der Waals surface area contributed by atoms with Gasteiger partial charge in [0, 0.05) is 17.0 Å². The summed E-state index contributed by atoms with van der Waals surface area (Å²) in [6, 6.07) is 0. The zero-order chi connectivity index (χ0) is 9.26. The highest BCUT2D eigenvalue weighted by Gasteiger charge is 2.22. The van der Waals surface area contributed by atoms with Crippen LogP contribution >= 0.6 is 11.3 Å². The third-order valence-corrected chi connectivity index (χ3v) is 4.00. The van der Waals surface area contributed by atoms with E-state index in [2.05, 4.69) is 18.8 Å². The van der Waals surface area contributed by atoms with E-state index in [4.69, 9.17) is 0 Å². The molecule has 0 N–H and O–H groups in total. The van der Waals surface area contributed by atoms with Gasteiger partial charge in [0.2, 0.25) is 0 Å². The van der Waals surface area contributed by atoms with Gasteiger partial charge in [0.15, 0.2) is 0 Å². The van der Waals surface area contributed by atoms with Gasteiger partial charge in [0.1, 0.15) is 0 Å². The standard InChI is InChI=1S/C11H17NS/c1-8-4-3-5-10(6-8)11-12-7-9(2)13-11/h7-8,10H,3-6H2,1-2H3. The fraction of sp³-hybridized carbons (Fsp3) is 0.727. The molecule has 2 heteroatoms. The molecule has 1 aromatic heterocycles. The van der Waals surface area contributed by atoms with E-state index < -0.39 is 0 Å². The number of hydrogen-bond donors (Lipinski definition) is 0. The molecule has 2 unspecified atom stereocenters. The third-order valence-electron chi connectivity index (χ3n) is 2.92. The van der Waals surface area contributed by atoms with Crippen LogP contribution in [0.1, 0.15) is 48.4 Å². The van der Waals surface area contributed by atoms with Gasteiger partial charge in [-0.15, -0.1) is 11.3 Å². The van der Waals surface area contributed by atoms with Gasteiger partial charge in [-0.2, -0.15) is 0 Å². The Balaban J connectivity index is 2.08. The summed E-state index contributed by atoms with van der Waals surface area (Å²) in [6.45, 7) is 4.51. The summed E-state index contributed by atoms with van der Waals surface area (Å²) < 4.78 is 0. The highest BCUT2D eigenvalue weighted by Crippen LogP contribution is 2.37. The molecule has 0 spiro atoms. The maximum Gasteiger partial charge on any atom is 0.0958 e. The number of hydrogen-bond acceptors (Lipinski definition) is 2. The minimum absolute atomic E-state index is 0.766. The molecule has 1 aliphatic carbocycles. The molecule has 0 bridgehead atoms. The van der Waals surface area contributed by atoms with E-state index in [1.165, 1.54) is 35.6 Å². The van der Waals surface area contributed by atoms with Crippen LogP contribution in [0, 0.1) is 12.8 Å². The van der Waals surface area contributed by atoms with E-state index in [1.807, 2.05) is 17.5 Å². The Morgan fingerprint density at radius 3 is 2.92 bits per heavy atom. The van der Waals surface area contributed by atoms with Crippen molar-refractivity contribution in [2.24, 2.45) is 5.92 Å². The summed E-state index contributed by atoms with van der Waals surface area (Å²) in [4.78, 5) is 5.85. The second-order valence-electron chi connectivity index (χ2n) is 4.28. The second kappa shape index (κ2) is 3.79. The highest BCUT2D eigenvalue weighted by molar-refractivity contribution is 7.11. The fourth-order valence-electron chi connectivity index (χ4n) is 2.22. The van der Waals surface area contributed by atoms with E-state index in [9.17, 15) is 0 Å². The smallest absolute Gasteiger partial charge is 0.0958 e. The number of nitrogens with zero attached hydrogens (tertiary/aromatic N) is 1. The van der Waals surface area contributed by atoms with Crippen molar-refractivity contribution in [3.8, 4) is 0 Å². The molecule has 0 amide bonds. The van der Waals surface area contributed by atoms with Crippen LogP contribution in [0.15, 0.2) is 6.20 Å². The molecule has 1 saturated carbocycles. The maximum atomic E-state index is 4.49. The lowest BCUT2D eigenvalue weighted by Crippen LogP contribution is -2.11. The number of rotatable bonds is 1. The van der Waals surface area contributed by atoms with Crippen molar-refractivity contribution in [1.29, 1.82) is 0 Å². The van der Waals surface area contributed by atoms with Crippen LogP contribution in [0.3, 0.4) is 0 Å². The van der Waals surface area contributed by atoms with Gasteiger partial charge in [0.05, 0.1) is 5.01 Å². The molecule has 2 rings (SSSR count). The Labute approximate surface area is 84.2 Å². The first-order valence-corrected chi connectivity index (χ1v) is 5.99. The zero-order valence-electron chi connectivity index (χ0n) is 8.42. The van der Waals surface area contributed by atoms with Crippen molar-refractivity contribution in [3.05, 3.63) is 16.1 Å². The van der Waals surface area contributed by atoms with E-state index in [0.717, 1.165) is 11.8 Å². The Morgan fingerprint density at radius 2 is 2.31 bits per heavy atom. The predicted octanol–water partition coefficient (Wildman–Crippen LogP) is 3.75. The van der Waals surface area contributed by atoms with Crippen molar-refractivity contribution < 1.29 is 0 Å². The normalized spacial score (nSPS) is 29.1. The average Bonchev–Trinajstić information content (AvgIpc) is 2.52. The summed E-state index contributed by atoms with van der Waals surface area (Å²) in [5, 5.41) is 1.38. The average molecular weight is 195 g/mol. The van der Waals surface area contributed by atoms with E-state index in [-0.39, 0.29) is 0 Å². The third kappa shape index (κ3) is 2.11. The molecule has 72 valence electrons. The molecule has 0 saturated heterocycles. The van der Waals surface area contributed by atoms with E-state index in [0.29, 0.717) is 0 Å². The van der Waals surface area contributed by atoms with Crippen molar-refractivity contribution in [1.82, 2.24) is 4.98 Å². The van der Waals surface area contributed by atoms with Crippen LogP contribution in [-0.4, -0.2) is 4.98 Å². The van der Waals surface area contributed by atoms with Crippen LogP contribution < -0.4 is 0 Å². The van der Waals surface area contributed by atoms with Gasteiger partial charge in [-0.3, -0.25) is 0 Å². The minimum Gasteiger partial charge on any atom is -0.249 e. The van der Waals surface area contributed by atoms with E-state index >= 15 is 0 Å². The van der Waals surface area contributed by atoms with Crippen molar-refractivity contribution in [2.75, 3.05) is 0 Å². The molecule has 0 aromatic carbocycles. The van der Waals surface area contributed by atoms with Crippen LogP contribution in [0.5, 0.6) is 0 Å². The molecule has 1 nitrogen and oxygen atoms in total. The Hall–Kier alpha value is -0.370. The molecule has 13 heavy (non-hydrogen) atoms. The van der Waals surface area contributed by atoms with Gasteiger partial charge in [-0.05, 0) is 25.7 Å². The molecular weight excluding hydrogens is 178 g/mol. The van der Waals surface area contributed by atoms with Crippen LogP contribution in [0.25, 0.3) is 0 Å². The topological polar surface area (TPSA) is 12.9 Å². The summed E-state index contributed by atoms with van der Waals surface area (Å²) in [6.07, 6.45) is 7.54. The Morgan fingerprint density at radius 1 is 1.46 bits per heavy atom. The molecule has 1 aromatic rings. The minimum atomic E-state index is 0.766. The molecule has 1 aliphatic rings. The number of thiazole rings is 1. The van der Waals surface area contributed by atoms with E-state index in [1.54, 1.807) is 0 Å². The summed E-state index contributed by atoms with van der Waals surface area (Å²) in [5.41, 5.74) is 0. The van der Waals surface area contributed by atoms with Gasteiger partial charge in [0.25, 0.3) is 0 Å². The van der Waals surface area contributed by atoms with Crippen LogP contribution in [0.2, 0.25) is 0 Å². The maximum absolute atomic E-state index is 4.49. The van der Waals surface area contributed by atoms with Crippen LogP contribution in [0.4, 0.5) is 0 Å². The quantitative estimate of drug-likeness (QED) is 0.665. The van der Waals surface area contributed by atoms with Gasteiger partial charge in [-0.25, -0.2) is 4.98 Å². The molecule has 1 fully saturated rings. The first kappa shape index (κ1) is 9.20. The molecule has 1 heterocycles. The second-order valence-corrected chi connectivity index (χ2v) is 5.54.